The van der Waals surface area contributed by atoms with Gasteiger partial charge in [0.15, 0.2) is 23.1 Å². The Bertz CT molecular complexity index is 950. The summed E-state index contributed by atoms with van der Waals surface area (Å²) >= 11 is 0. The Hall–Kier alpha value is -3.17. The van der Waals surface area contributed by atoms with E-state index in [-0.39, 0.29) is 17.4 Å². The summed E-state index contributed by atoms with van der Waals surface area (Å²) < 4.78 is 56.0. The molecule has 3 aromatic rings. The number of benzene rings is 1. The van der Waals surface area contributed by atoms with Crippen molar-refractivity contribution >= 4 is 11.6 Å². The first-order valence-electron chi connectivity index (χ1n) is 7.00. The van der Waals surface area contributed by atoms with Gasteiger partial charge in [0, 0.05) is 31.1 Å². The highest BCUT2D eigenvalue weighted by Gasteiger charge is 2.19. The van der Waals surface area contributed by atoms with E-state index in [0.717, 1.165) is 4.68 Å². The molecule has 3 rings (SSSR count). The van der Waals surface area contributed by atoms with Crippen LogP contribution in [0.1, 0.15) is 16.1 Å². The molecule has 0 aliphatic carbocycles. The van der Waals surface area contributed by atoms with Crippen molar-refractivity contribution in [2.24, 2.45) is 7.05 Å². The maximum absolute atomic E-state index is 13.7. The van der Waals surface area contributed by atoms with Gasteiger partial charge in [-0.25, -0.2) is 17.6 Å². The third-order valence-electron chi connectivity index (χ3n) is 3.37. The molecule has 10 heteroatoms. The molecule has 6 nitrogen and oxygen atoms in total. The molecule has 1 aromatic carbocycles. The molecule has 0 bridgehead atoms. The average molecular weight is 353 g/mol. The maximum atomic E-state index is 13.7. The average Bonchev–Trinajstić information content (AvgIpc) is 3.18. The largest absolute Gasteiger partial charge is 0.318 e. The van der Waals surface area contributed by atoms with Crippen molar-refractivity contribution in [2.45, 2.75) is 6.54 Å². The van der Waals surface area contributed by atoms with E-state index in [4.69, 9.17) is 0 Å². The lowest BCUT2D eigenvalue weighted by Crippen LogP contribution is -2.12. The van der Waals surface area contributed by atoms with E-state index in [0.29, 0.717) is 0 Å². The highest BCUT2D eigenvalue weighted by Crippen LogP contribution is 2.20. The molecular weight excluding hydrogens is 342 g/mol. The molecule has 0 aliphatic rings. The van der Waals surface area contributed by atoms with E-state index in [1.165, 1.54) is 23.1 Å². The van der Waals surface area contributed by atoms with Gasteiger partial charge in [-0.2, -0.15) is 10.2 Å². The third-order valence-corrected chi connectivity index (χ3v) is 3.37. The molecular formula is C15H11F4N5O. The normalized spacial score (nSPS) is 10.9. The zero-order chi connectivity index (χ0) is 18.1. The molecule has 130 valence electrons. The van der Waals surface area contributed by atoms with Gasteiger partial charge >= 0.3 is 0 Å². The number of nitrogens with one attached hydrogen (secondary N) is 1. The Morgan fingerprint density at radius 3 is 2.64 bits per heavy atom. The summed E-state index contributed by atoms with van der Waals surface area (Å²) in [6, 6.07) is 1.77. The lowest BCUT2D eigenvalue weighted by atomic mass is 10.2. The number of nitrogens with zero attached hydrogens (tertiary/aromatic N) is 4. The van der Waals surface area contributed by atoms with Crippen LogP contribution in [0.15, 0.2) is 30.7 Å². The Balaban J connectivity index is 1.76. The fraction of sp³-hybridized carbons (Fsp3) is 0.133. The molecule has 0 saturated heterocycles. The van der Waals surface area contributed by atoms with Gasteiger partial charge in [-0.05, 0) is 6.07 Å². The molecule has 0 spiro atoms. The smallest absolute Gasteiger partial charge is 0.276 e. The molecule has 0 atom stereocenters. The van der Waals surface area contributed by atoms with Crippen LogP contribution in [0.3, 0.4) is 0 Å². The fourth-order valence-electron chi connectivity index (χ4n) is 2.16. The van der Waals surface area contributed by atoms with Crippen molar-refractivity contribution in [2.75, 3.05) is 5.32 Å². The summed E-state index contributed by atoms with van der Waals surface area (Å²) in [4.78, 5) is 12.0. The van der Waals surface area contributed by atoms with Crippen molar-refractivity contribution < 1.29 is 22.4 Å². The van der Waals surface area contributed by atoms with Crippen molar-refractivity contribution in [1.82, 2.24) is 19.6 Å². The molecule has 2 aromatic heterocycles. The van der Waals surface area contributed by atoms with E-state index in [9.17, 15) is 22.4 Å². The first-order valence-corrected chi connectivity index (χ1v) is 7.00. The van der Waals surface area contributed by atoms with Crippen LogP contribution in [0.4, 0.5) is 23.2 Å². The number of aryl methyl sites for hydroxylation is 1. The second-order valence-electron chi connectivity index (χ2n) is 5.20. The number of rotatable bonds is 4. The van der Waals surface area contributed by atoms with Gasteiger partial charge in [0.05, 0.1) is 18.4 Å². The van der Waals surface area contributed by atoms with Crippen LogP contribution in [0.2, 0.25) is 0 Å². The molecule has 0 fully saturated rings. The van der Waals surface area contributed by atoms with E-state index in [1.54, 1.807) is 13.2 Å². The standard InChI is InChI=1S/C15H11F4N5O/c1-23-3-2-12(22-23)15(25)21-8-5-20-24(6-8)7-9-10(16)4-11(17)14(19)13(9)18/h2-6H,7H2,1H3,(H,21,25). The van der Waals surface area contributed by atoms with Crippen LogP contribution in [-0.2, 0) is 13.6 Å². The molecule has 0 saturated carbocycles. The summed E-state index contributed by atoms with van der Waals surface area (Å²) in [5.41, 5.74) is -0.253. The topological polar surface area (TPSA) is 64.7 Å². The highest BCUT2D eigenvalue weighted by atomic mass is 19.2. The van der Waals surface area contributed by atoms with Gasteiger partial charge < -0.3 is 5.32 Å². The Kier molecular flexibility index (Phi) is 4.26. The maximum Gasteiger partial charge on any atom is 0.276 e. The number of hydrogen-bond donors (Lipinski definition) is 1. The van der Waals surface area contributed by atoms with Crippen molar-refractivity contribution in [3.05, 3.63) is 65.2 Å². The molecule has 0 aliphatic heterocycles. The number of hydrogen-bond acceptors (Lipinski definition) is 3. The number of halogens is 4. The molecule has 2 heterocycles. The number of amides is 1. The summed E-state index contributed by atoms with van der Waals surface area (Å²) in [6.07, 6.45) is 4.13. The van der Waals surface area contributed by atoms with E-state index in [2.05, 4.69) is 15.5 Å². The van der Waals surface area contributed by atoms with Gasteiger partial charge in [0.1, 0.15) is 5.82 Å². The van der Waals surface area contributed by atoms with Crippen LogP contribution < -0.4 is 5.32 Å². The Morgan fingerprint density at radius 1 is 1.20 bits per heavy atom. The first-order chi connectivity index (χ1) is 11.8. The van der Waals surface area contributed by atoms with Gasteiger partial charge in [-0.1, -0.05) is 0 Å². The van der Waals surface area contributed by atoms with E-state index in [1.807, 2.05) is 0 Å². The van der Waals surface area contributed by atoms with Crippen LogP contribution in [0.25, 0.3) is 0 Å². The monoisotopic (exact) mass is 353 g/mol. The lowest BCUT2D eigenvalue weighted by Gasteiger charge is -2.06. The summed E-state index contributed by atoms with van der Waals surface area (Å²) in [7, 11) is 1.65. The van der Waals surface area contributed by atoms with Gasteiger partial charge in [-0.3, -0.25) is 14.2 Å². The highest BCUT2D eigenvalue weighted by molar-refractivity contribution is 6.02. The minimum absolute atomic E-state index is 0.174. The zero-order valence-corrected chi connectivity index (χ0v) is 12.8. The zero-order valence-electron chi connectivity index (χ0n) is 12.8. The number of carbonyl (C=O) groups is 1. The van der Waals surface area contributed by atoms with Crippen molar-refractivity contribution in [3.8, 4) is 0 Å². The minimum Gasteiger partial charge on any atom is -0.318 e. The van der Waals surface area contributed by atoms with Gasteiger partial charge in [-0.15, -0.1) is 0 Å². The van der Waals surface area contributed by atoms with E-state index >= 15 is 0 Å². The Morgan fingerprint density at radius 2 is 1.96 bits per heavy atom. The summed E-state index contributed by atoms with van der Waals surface area (Å²) in [5.74, 6) is -6.71. The van der Waals surface area contributed by atoms with Crippen LogP contribution in [-0.4, -0.2) is 25.5 Å². The molecule has 0 radical (unpaired) electrons. The predicted octanol–water partition coefficient (Wildman–Crippen LogP) is 2.47. The second-order valence-corrected chi connectivity index (χ2v) is 5.20. The third kappa shape index (κ3) is 3.37. The fourth-order valence-corrected chi connectivity index (χ4v) is 2.16. The first kappa shape index (κ1) is 16.7. The number of carbonyl (C=O) groups excluding carboxylic acids is 1. The SMILES string of the molecule is Cn1ccc(C(=O)Nc2cnn(Cc3c(F)cc(F)c(F)c3F)c2)n1. The Labute approximate surface area is 138 Å². The summed E-state index contributed by atoms with van der Waals surface area (Å²) in [5, 5.41) is 10.3. The quantitative estimate of drug-likeness (QED) is 0.445. The van der Waals surface area contributed by atoms with Crippen molar-refractivity contribution in [3.63, 3.8) is 0 Å². The number of anilines is 1. The number of aromatic nitrogens is 4. The van der Waals surface area contributed by atoms with Crippen LogP contribution in [0.5, 0.6) is 0 Å². The van der Waals surface area contributed by atoms with Crippen molar-refractivity contribution in [1.29, 1.82) is 0 Å². The molecule has 1 N–H and O–H groups in total. The molecule has 25 heavy (non-hydrogen) atoms. The van der Waals surface area contributed by atoms with Gasteiger partial charge in [0.25, 0.3) is 5.91 Å². The van der Waals surface area contributed by atoms with E-state index < -0.39 is 41.3 Å². The predicted molar refractivity (Wildman–Crippen MR) is 78.8 cm³/mol. The second kappa shape index (κ2) is 6.38. The van der Waals surface area contributed by atoms with Gasteiger partial charge in [0.2, 0.25) is 0 Å². The summed E-state index contributed by atoms with van der Waals surface area (Å²) in [6.45, 7) is -0.478. The van der Waals surface area contributed by atoms with Crippen LogP contribution >= 0.6 is 0 Å². The molecule has 0 unspecified atom stereocenters. The minimum atomic E-state index is -1.76. The molecule has 1 amide bonds. The lowest BCUT2D eigenvalue weighted by molar-refractivity contribution is 0.102. The van der Waals surface area contributed by atoms with Crippen LogP contribution in [0, 0.1) is 23.3 Å².